The Labute approximate surface area is 125 Å². The van der Waals surface area contributed by atoms with Crippen LogP contribution in [0.2, 0.25) is 0 Å². The van der Waals surface area contributed by atoms with Crippen LogP contribution in [0.25, 0.3) is 0 Å². The maximum Gasteiger partial charge on any atom is 0.338 e. The van der Waals surface area contributed by atoms with Gasteiger partial charge in [-0.15, -0.1) is 0 Å². The average Bonchev–Trinajstić information content (AvgIpc) is 2.53. The molecule has 0 aliphatic heterocycles. The van der Waals surface area contributed by atoms with Crippen molar-refractivity contribution in [1.82, 2.24) is 0 Å². The molecular weight excluding hydrogens is 264 g/mol. The minimum atomic E-state index is -0.283. The van der Waals surface area contributed by atoms with Gasteiger partial charge in [-0.1, -0.05) is 18.2 Å². The Morgan fingerprint density at radius 1 is 0.905 bits per heavy atom. The van der Waals surface area contributed by atoms with Gasteiger partial charge in [-0.3, -0.25) is 0 Å². The van der Waals surface area contributed by atoms with Crippen LogP contribution in [0, 0.1) is 0 Å². The van der Waals surface area contributed by atoms with Gasteiger partial charge in [-0.2, -0.15) is 0 Å². The molecule has 2 N–H and O–H groups in total. The largest absolute Gasteiger partial charge is 0.462 e. The number of ether oxygens (including phenoxy) is 1. The van der Waals surface area contributed by atoms with Gasteiger partial charge in [0.05, 0.1) is 12.2 Å². The molecule has 0 saturated carbocycles. The van der Waals surface area contributed by atoms with E-state index in [-0.39, 0.29) is 5.97 Å². The predicted octanol–water partition coefficient (Wildman–Crippen LogP) is 3.39. The summed E-state index contributed by atoms with van der Waals surface area (Å²) in [5.74, 6) is -0.283. The molecule has 0 unspecified atom stereocenters. The maximum absolute atomic E-state index is 11.5. The molecule has 0 atom stereocenters. The molecule has 0 amide bonds. The molecule has 2 aromatic rings. The fourth-order valence-corrected chi connectivity index (χ4v) is 1.91. The molecule has 2 rings (SSSR count). The van der Waals surface area contributed by atoms with Crippen molar-refractivity contribution < 1.29 is 9.53 Å². The van der Waals surface area contributed by atoms with Crippen molar-refractivity contribution >= 4 is 17.3 Å². The Bertz CT molecular complexity index is 553. The van der Waals surface area contributed by atoms with Crippen LogP contribution in [0.4, 0.5) is 11.4 Å². The number of nitrogens with one attached hydrogen (secondary N) is 2. The summed E-state index contributed by atoms with van der Waals surface area (Å²) in [6, 6.07) is 17.4. The van der Waals surface area contributed by atoms with Crippen LogP contribution in [0.5, 0.6) is 0 Å². The summed E-state index contributed by atoms with van der Waals surface area (Å²) < 4.78 is 4.95. The molecule has 110 valence electrons. The van der Waals surface area contributed by atoms with Gasteiger partial charge in [0.15, 0.2) is 0 Å². The van der Waals surface area contributed by atoms with E-state index in [2.05, 4.69) is 10.6 Å². The first-order valence-corrected chi connectivity index (χ1v) is 7.09. The molecule has 0 aliphatic carbocycles. The first kappa shape index (κ1) is 14.9. The Hall–Kier alpha value is -2.49. The van der Waals surface area contributed by atoms with Crippen molar-refractivity contribution in [3.63, 3.8) is 0 Å². The second-order valence-corrected chi connectivity index (χ2v) is 4.52. The molecule has 4 nitrogen and oxygen atoms in total. The maximum atomic E-state index is 11.5. The van der Waals surface area contributed by atoms with Crippen molar-refractivity contribution in [2.75, 3.05) is 30.3 Å². The molecule has 21 heavy (non-hydrogen) atoms. The SMILES string of the molecule is CCOC(=O)c1ccc(NCCNc2ccccc2)cc1. The van der Waals surface area contributed by atoms with Gasteiger partial charge in [-0.05, 0) is 43.3 Å². The zero-order valence-electron chi connectivity index (χ0n) is 12.1. The summed E-state index contributed by atoms with van der Waals surface area (Å²) in [6.45, 7) is 3.81. The first-order chi connectivity index (χ1) is 10.3. The molecule has 0 radical (unpaired) electrons. The Morgan fingerprint density at radius 3 is 2.05 bits per heavy atom. The second kappa shape index (κ2) is 7.94. The smallest absolute Gasteiger partial charge is 0.338 e. The monoisotopic (exact) mass is 284 g/mol. The molecule has 0 spiro atoms. The van der Waals surface area contributed by atoms with Gasteiger partial charge >= 0.3 is 5.97 Å². The standard InChI is InChI=1S/C17H20N2O2/c1-2-21-17(20)14-8-10-16(11-9-14)19-13-12-18-15-6-4-3-5-7-15/h3-11,18-19H,2,12-13H2,1H3. The van der Waals surface area contributed by atoms with Gasteiger partial charge < -0.3 is 15.4 Å². The zero-order valence-corrected chi connectivity index (χ0v) is 12.1. The van der Waals surface area contributed by atoms with Crippen LogP contribution >= 0.6 is 0 Å². The van der Waals surface area contributed by atoms with Crippen LogP contribution in [0.3, 0.4) is 0 Å². The number of carbonyl (C=O) groups is 1. The molecule has 0 heterocycles. The third-order valence-corrected chi connectivity index (χ3v) is 2.95. The average molecular weight is 284 g/mol. The highest BCUT2D eigenvalue weighted by molar-refractivity contribution is 5.89. The number of carbonyl (C=O) groups excluding carboxylic acids is 1. The van der Waals surface area contributed by atoms with Gasteiger partial charge in [-0.25, -0.2) is 4.79 Å². The van der Waals surface area contributed by atoms with Crippen molar-refractivity contribution in [3.05, 3.63) is 60.2 Å². The third kappa shape index (κ3) is 4.84. The van der Waals surface area contributed by atoms with E-state index in [1.807, 2.05) is 42.5 Å². The lowest BCUT2D eigenvalue weighted by atomic mass is 10.2. The van der Waals surface area contributed by atoms with Crippen molar-refractivity contribution in [3.8, 4) is 0 Å². The quantitative estimate of drug-likeness (QED) is 0.604. The zero-order chi connectivity index (χ0) is 14.9. The van der Waals surface area contributed by atoms with Gasteiger partial charge in [0.2, 0.25) is 0 Å². The summed E-state index contributed by atoms with van der Waals surface area (Å²) in [6.07, 6.45) is 0. The fraction of sp³-hybridized carbons (Fsp3) is 0.235. The Kier molecular flexibility index (Phi) is 5.64. The highest BCUT2D eigenvalue weighted by atomic mass is 16.5. The minimum absolute atomic E-state index is 0.283. The summed E-state index contributed by atoms with van der Waals surface area (Å²) in [4.78, 5) is 11.5. The molecule has 0 saturated heterocycles. The van der Waals surface area contributed by atoms with E-state index in [1.54, 1.807) is 19.1 Å². The number of benzene rings is 2. The van der Waals surface area contributed by atoms with E-state index >= 15 is 0 Å². The predicted molar refractivity (Wildman–Crippen MR) is 85.8 cm³/mol. The van der Waals surface area contributed by atoms with E-state index < -0.39 is 0 Å². The lowest BCUT2D eigenvalue weighted by Gasteiger charge is -2.09. The van der Waals surface area contributed by atoms with Gasteiger partial charge in [0.1, 0.15) is 0 Å². The molecule has 0 aromatic heterocycles. The molecule has 0 bridgehead atoms. The highest BCUT2D eigenvalue weighted by Crippen LogP contribution is 2.10. The number of hydrogen-bond acceptors (Lipinski definition) is 4. The summed E-state index contributed by atoms with van der Waals surface area (Å²) in [7, 11) is 0. The number of rotatable bonds is 7. The molecule has 0 fully saturated rings. The normalized spacial score (nSPS) is 9.95. The third-order valence-electron chi connectivity index (χ3n) is 2.95. The summed E-state index contributed by atoms with van der Waals surface area (Å²) >= 11 is 0. The Balaban J connectivity index is 1.75. The number of esters is 1. The van der Waals surface area contributed by atoms with Gasteiger partial charge in [0.25, 0.3) is 0 Å². The van der Waals surface area contributed by atoms with E-state index in [0.717, 1.165) is 24.5 Å². The van der Waals surface area contributed by atoms with Crippen LogP contribution in [-0.2, 0) is 4.74 Å². The number of para-hydroxylation sites is 1. The van der Waals surface area contributed by atoms with Crippen molar-refractivity contribution in [2.24, 2.45) is 0 Å². The highest BCUT2D eigenvalue weighted by Gasteiger charge is 2.05. The van der Waals surface area contributed by atoms with Crippen LogP contribution in [-0.4, -0.2) is 25.7 Å². The van der Waals surface area contributed by atoms with E-state index in [1.165, 1.54) is 0 Å². The lowest BCUT2D eigenvalue weighted by Crippen LogP contribution is -2.13. The molecular formula is C17H20N2O2. The first-order valence-electron chi connectivity index (χ1n) is 7.09. The van der Waals surface area contributed by atoms with E-state index in [4.69, 9.17) is 4.74 Å². The van der Waals surface area contributed by atoms with Crippen LogP contribution in [0.1, 0.15) is 17.3 Å². The fourth-order valence-electron chi connectivity index (χ4n) is 1.91. The number of anilines is 2. The van der Waals surface area contributed by atoms with Crippen molar-refractivity contribution in [2.45, 2.75) is 6.92 Å². The molecule has 2 aromatic carbocycles. The lowest BCUT2D eigenvalue weighted by molar-refractivity contribution is 0.0526. The van der Waals surface area contributed by atoms with Gasteiger partial charge in [0, 0.05) is 24.5 Å². The molecule has 4 heteroatoms. The summed E-state index contributed by atoms with van der Waals surface area (Å²) in [5.41, 5.74) is 2.67. The minimum Gasteiger partial charge on any atom is -0.462 e. The van der Waals surface area contributed by atoms with Crippen LogP contribution < -0.4 is 10.6 Å². The van der Waals surface area contributed by atoms with Crippen molar-refractivity contribution in [1.29, 1.82) is 0 Å². The number of hydrogen-bond donors (Lipinski definition) is 2. The van der Waals surface area contributed by atoms with Crippen LogP contribution in [0.15, 0.2) is 54.6 Å². The molecule has 0 aliphatic rings. The topological polar surface area (TPSA) is 50.4 Å². The Morgan fingerprint density at radius 2 is 1.48 bits per heavy atom. The summed E-state index contributed by atoms with van der Waals surface area (Å²) in [5, 5.41) is 6.62. The van der Waals surface area contributed by atoms with E-state index in [9.17, 15) is 4.79 Å². The second-order valence-electron chi connectivity index (χ2n) is 4.52. The van der Waals surface area contributed by atoms with E-state index in [0.29, 0.717) is 12.2 Å².